The molecule has 0 amide bonds. The molecule has 1 aromatic carbocycles. The van der Waals surface area contributed by atoms with E-state index in [-0.39, 0.29) is 12.3 Å². The van der Waals surface area contributed by atoms with Gasteiger partial charge in [0.15, 0.2) is 0 Å². The molecule has 2 aliphatic heterocycles. The first kappa shape index (κ1) is 13.6. The van der Waals surface area contributed by atoms with E-state index < -0.39 is 25.9 Å². The van der Waals surface area contributed by atoms with Crippen molar-refractivity contribution in [1.82, 2.24) is 0 Å². The van der Waals surface area contributed by atoms with Gasteiger partial charge >= 0.3 is 127 Å². The maximum absolute atomic E-state index is 11.9. The summed E-state index contributed by atoms with van der Waals surface area (Å²) in [6, 6.07) is 7.10. The molecule has 8 heteroatoms. The molecular formula is C12H9ClN2O4Te. The van der Waals surface area contributed by atoms with Crippen LogP contribution in [0, 0.1) is 0 Å². The molecule has 0 unspecified atom stereocenters. The molecule has 0 N–H and O–H groups in total. The van der Waals surface area contributed by atoms with Crippen LogP contribution < -0.4 is 0 Å². The van der Waals surface area contributed by atoms with Crippen LogP contribution in [0.3, 0.4) is 0 Å². The Balaban J connectivity index is 1.94. The Bertz CT molecular complexity index is 667. The Kier molecular flexibility index (Phi) is 3.74. The monoisotopic (exact) mass is 410 g/mol. The van der Waals surface area contributed by atoms with Gasteiger partial charge in [0, 0.05) is 0 Å². The normalized spacial score (nSPS) is 17.0. The predicted molar refractivity (Wildman–Crippen MR) is 75.0 cm³/mol. The van der Waals surface area contributed by atoms with Crippen molar-refractivity contribution in [3.63, 3.8) is 0 Å². The summed E-state index contributed by atoms with van der Waals surface area (Å²) in [5.74, 6) is -0.516. The van der Waals surface area contributed by atoms with E-state index in [1.54, 1.807) is 31.2 Å². The summed E-state index contributed by atoms with van der Waals surface area (Å²) in [6.07, 6.45) is 0. The van der Waals surface area contributed by atoms with E-state index in [0.717, 1.165) is 5.56 Å². The Hall–Kier alpha value is -1.42. The van der Waals surface area contributed by atoms with E-state index in [1.165, 1.54) is 0 Å². The van der Waals surface area contributed by atoms with Crippen molar-refractivity contribution in [2.45, 2.75) is 6.92 Å². The van der Waals surface area contributed by atoms with Crippen molar-refractivity contribution >= 4 is 52.4 Å². The third-order valence-electron chi connectivity index (χ3n) is 2.58. The molecule has 2 heterocycles. The Morgan fingerprint density at radius 3 is 2.70 bits per heavy atom. The molecular weight excluding hydrogens is 399 g/mol. The number of carbonyl (C=O) groups is 1. The zero-order chi connectivity index (χ0) is 14.1. The fourth-order valence-corrected chi connectivity index (χ4v) is 4.83. The van der Waals surface area contributed by atoms with Gasteiger partial charge in [0.2, 0.25) is 0 Å². The molecule has 0 fully saturated rings. The van der Waals surface area contributed by atoms with Crippen LogP contribution in [0.5, 0.6) is 0 Å². The van der Waals surface area contributed by atoms with Crippen LogP contribution in [0.1, 0.15) is 12.5 Å². The molecule has 0 bridgehead atoms. The Morgan fingerprint density at radius 1 is 1.30 bits per heavy atom. The first-order valence-corrected chi connectivity index (χ1v) is 9.21. The van der Waals surface area contributed by atoms with Crippen LogP contribution in [0.15, 0.2) is 34.6 Å². The number of oxime groups is 2. The van der Waals surface area contributed by atoms with E-state index in [0.29, 0.717) is 14.3 Å². The zero-order valence-electron chi connectivity index (χ0n) is 10.3. The second-order valence-electron chi connectivity index (χ2n) is 3.82. The van der Waals surface area contributed by atoms with Gasteiger partial charge in [-0.25, -0.2) is 0 Å². The average Bonchev–Trinajstić information content (AvgIpc) is 3.01. The number of halogens is 1. The van der Waals surface area contributed by atoms with E-state index in [1.807, 2.05) is 0 Å². The summed E-state index contributed by atoms with van der Waals surface area (Å²) in [4.78, 5) is 11.9. The number of esters is 1. The molecule has 3 rings (SSSR count). The van der Waals surface area contributed by atoms with Gasteiger partial charge < -0.3 is 0 Å². The van der Waals surface area contributed by atoms with Crippen LogP contribution in [0.2, 0.25) is 5.02 Å². The number of hydrogen-bond acceptors (Lipinski definition) is 6. The number of nitrogens with zero attached hydrogens (tertiary/aromatic N) is 2. The molecule has 0 radical (unpaired) electrons. The number of hydrogen-bond donors (Lipinski definition) is 0. The van der Waals surface area contributed by atoms with Crippen molar-refractivity contribution in [3.05, 3.63) is 34.9 Å². The molecule has 0 atom stereocenters. The van der Waals surface area contributed by atoms with Gasteiger partial charge in [-0.1, -0.05) is 0 Å². The van der Waals surface area contributed by atoms with Crippen molar-refractivity contribution in [2.24, 2.45) is 10.3 Å². The first-order valence-electron chi connectivity index (χ1n) is 5.76. The van der Waals surface area contributed by atoms with Crippen LogP contribution in [-0.2, 0) is 15.9 Å². The second kappa shape index (κ2) is 5.52. The quantitative estimate of drug-likeness (QED) is 0.558. The van der Waals surface area contributed by atoms with Crippen molar-refractivity contribution in [2.75, 3.05) is 6.61 Å². The molecule has 20 heavy (non-hydrogen) atoms. The molecule has 2 aliphatic rings. The van der Waals surface area contributed by atoms with Crippen LogP contribution >= 0.6 is 11.6 Å². The van der Waals surface area contributed by atoms with E-state index in [4.69, 9.17) is 22.7 Å². The third-order valence-corrected chi connectivity index (χ3v) is 6.08. The van der Waals surface area contributed by atoms with Crippen molar-refractivity contribution in [3.8, 4) is 0 Å². The number of rotatable bonds is 3. The van der Waals surface area contributed by atoms with E-state index in [9.17, 15) is 4.79 Å². The molecule has 104 valence electrons. The first-order chi connectivity index (χ1) is 9.70. The molecule has 0 saturated heterocycles. The van der Waals surface area contributed by atoms with Gasteiger partial charge in [-0.05, 0) is 0 Å². The molecule has 0 aliphatic carbocycles. The summed E-state index contributed by atoms with van der Waals surface area (Å²) in [6.45, 7) is 2.00. The fourth-order valence-electron chi connectivity index (χ4n) is 1.70. The van der Waals surface area contributed by atoms with Gasteiger partial charge in [0.05, 0.1) is 0 Å². The fraction of sp³-hybridized carbons (Fsp3) is 0.167. The molecule has 0 aromatic heterocycles. The molecule has 6 nitrogen and oxygen atoms in total. The molecule has 0 saturated carbocycles. The van der Waals surface area contributed by atoms with Crippen LogP contribution in [-0.4, -0.2) is 47.5 Å². The van der Waals surface area contributed by atoms with E-state index >= 15 is 0 Å². The van der Waals surface area contributed by atoms with Crippen LogP contribution in [0.4, 0.5) is 0 Å². The minimum absolute atomic E-state index is 0.162. The van der Waals surface area contributed by atoms with Crippen LogP contribution in [0.25, 0.3) is 0 Å². The number of carbonyl (C=O) groups excluding carboxylic acids is 1. The van der Waals surface area contributed by atoms with Gasteiger partial charge in [0.1, 0.15) is 0 Å². The predicted octanol–water partition coefficient (Wildman–Crippen LogP) is 1.27. The van der Waals surface area contributed by atoms with Gasteiger partial charge in [-0.3, -0.25) is 0 Å². The van der Waals surface area contributed by atoms with Crippen molar-refractivity contribution < 1.29 is 15.9 Å². The van der Waals surface area contributed by atoms with E-state index in [2.05, 4.69) is 10.3 Å². The summed E-state index contributed by atoms with van der Waals surface area (Å²) in [7, 11) is 0. The zero-order valence-corrected chi connectivity index (χ0v) is 13.4. The van der Waals surface area contributed by atoms with Gasteiger partial charge in [-0.15, -0.1) is 0 Å². The Morgan fingerprint density at radius 2 is 2.00 bits per heavy atom. The van der Waals surface area contributed by atoms with Crippen molar-refractivity contribution in [1.29, 1.82) is 0 Å². The minimum atomic E-state index is -2.57. The number of ether oxygens (including phenoxy) is 1. The third kappa shape index (κ3) is 2.33. The standard InChI is InChI=1S/C12H9ClN2O4Te/c1-2-17-12(16)10-11-9(14-18-20(11)19-15-10)7-3-5-8(13)6-4-7/h3-6H,2H2,1H3. The summed E-state index contributed by atoms with van der Waals surface area (Å²) in [5.41, 5.74) is 1.53. The summed E-state index contributed by atoms with van der Waals surface area (Å²) < 4.78 is 16.1. The summed E-state index contributed by atoms with van der Waals surface area (Å²) >= 11 is 3.29. The SMILES string of the molecule is CCOC(=O)C1=NO[Te]2=C1C(c1ccc(Cl)cc1)=NO2. The average molecular weight is 408 g/mol. The topological polar surface area (TPSA) is 69.5 Å². The molecule has 1 aromatic rings. The maximum atomic E-state index is 11.9. The number of benzene rings is 1. The van der Waals surface area contributed by atoms with Gasteiger partial charge in [-0.2, -0.15) is 0 Å². The summed E-state index contributed by atoms with van der Waals surface area (Å²) in [5, 5.41) is 8.41. The second-order valence-corrected chi connectivity index (χ2v) is 7.61. The Labute approximate surface area is 127 Å². The molecule has 0 spiro atoms. The van der Waals surface area contributed by atoms with Gasteiger partial charge in [0.25, 0.3) is 0 Å².